The number of hydrogen-bond donors (Lipinski definition) is 3. The third-order valence-electron chi connectivity index (χ3n) is 1.74. The van der Waals surface area contributed by atoms with Crippen LogP contribution in [0.4, 0.5) is 11.4 Å². The van der Waals surface area contributed by atoms with Crippen molar-refractivity contribution in [2.45, 2.75) is 0 Å². The summed E-state index contributed by atoms with van der Waals surface area (Å²) in [6.45, 7) is 0. The van der Waals surface area contributed by atoms with Gasteiger partial charge in [0.05, 0.1) is 5.69 Å². The van der Waals surface area contributed by atoms with Crippen molar-refractivity contribution in [3.05, 3.63) is 30.0 Å². The Balaban J connectivity index is 2.47. The molecule has 62 valence electrons. The molecule has 0 aromatic heterocycles. The molecule has 0 saturated heterocycles. The molecule has 1 aliphatic rings. The Bertz CT molecular complexity index is 332. The topological polar surface area (TPSA) is 67.3 Å². The number of nitrogen functional groups attached to an aromatic ring is 1. The molecule has 4 nitrogen and oxygen atoms in total. The maximum atomic E-state index is 5.60. The van der Waals surface area contributed by atoms with Gasteiger partial charge in [0.1, 0.15) is 0 Å². The number of fused-ring (bicyclic) bond motifs is 1. The van der Waals surface area contributed by atoms with E-state index in [1.165, 1.54) is 5.12 Å². The molecular weight excluding hydrogens is 152 g/mol. The highest BCUT2D eigenvalue weighted by atomic mass is 15.7. The molecule has 0 spiro atoms. The van der Waals surface area contributed by atoms with E-state index in [2.05, 4.69) is 5.43 Å². The molecule has 0 atom stereocenters. The summed E-state index contributed by atoms with van der Waals surface area (Å²) in [5.74, 6) is 5.49. The number of anilines is 2. The van der Waals surface area contributed by atoms with Crippen molar-refractivity contribution >= 4 is 17.5 Å². The predicted octanol–water partition coefficient (Wildman–Crippen LogP) is 0.756. The van der Waals surface area contributed by atoms with E-state index in [4.69, 9.17) is 11.6 Å². The summed E-state index contributed by atoms with van der Waals surface area (Å²) in [5, 5.41) is 1.39. The summed E-state index contributed by atoms with van der Waals surface area (Å²) in [7, 11) is 0. The van der Waals surface area contributed by atoms with Crippen LogP contribution < -0.4 is 17.0 Å². The number of nitrogens with two attached hydrogens (primary N) is 2. The Morgan fingerprint density at radius 2 is 2.17 bits per heavy atom. The van der Waals surface area contributed by atoms with E-state index < -0.39 is 0 Å². The highest BCUT2D eigenvalue weighted by Gasteiger charge is 2.05. The fraction of sp³-hybridized carbons (Fsp3) is 0. The van der Waals surface area contributed by atoms with Crippen LogP contribution in [0.3, 0.4) is 0 Å². The first-order valence-electron chi connectivity index (χ1n) is 3.64. The Hall–Kier alpha value is -1.68. The van der Waals surface area contributed by atoms with Crippen LogP contribution in [-0.4, -0.2) is 5.12 Å². The van der Waals surface area contributed by atoms with Crippen LogP contribution in [-0.2, 0) is 0 Å². The summed E-state index contributed by atoms with van der Waals surface area (Å²) in [6, 6.07) is 5.65. The minimum atomic E-state index is 0.727. The van der Waals surface area contributed by atoms with Gasteiger partial charge in [-0.05, 0) is 18.2 Å². The van der Waals surface area contributed by atoms with Gasteiger partial charge in [-0.1, -0.05) is 6.07 Å². The Labute approximate surface area is 70.4 Å². The lowest BCUT2D eigenvalue weighted by Gasteiger charge is -2.22. The quantitative estimate of drug-likeness (QED) is 0.389. The maximum absolute atomic E-state index is 5.60. The first kappa shape index (κ1) is 7.00. The highest BCUT2D eigenvalue weighted by Crippen LogP contribution is 2.23. The van der Waals surface area contributed by atoms with E-state index in [1.54, 1.807) is 6.20 Å². The molecule has 1 aromatic rings. The Kier molecular flexibility index (Phi) is 1.41. The number of rotatable bonds is 0. The van der Waals surface area contributed by atoms with E-state index in [0.717, 1.165) is 16.9 Å². The van der Waals surface area contributed by atoms with Crippen LogP contribution in [0, 0.1) is 0 Å². The van der Waals surface area contributed by atoms with E-state index >= 15 is 0 Å². The summed E-state index contributed by atoms with van der Waals surface area (Å²) >= 11 is 0. The molecular formula is C8H10N4. The first-order chi connectivity index (χ1) is 5.75. The van der Waals surface area contributed by atoms with E-state index in [0.29, 0.717) is 0 Å². The minimum absolute atomic E-state index is 0.727. The van der Waals surface area contributed by atoms with Crippen molar-refractivity contribution in [2.24, 2.45) is 5.84 Å². The summed E-state index contributed by atoms with van der Waals surface area (Å²) in [6.07, 6.45) is 3.67. The van der Waals surface area contributed by atoms with E-state index in [1.807, 2.05) is 24.3 Å². The van der Waals surface area contributed by atoms with Gasteiger partial charge in [0, 0.05) is 17.5 Å². The van der Waals surface area contributed by atoms with Gasteiger partial charge < -0.3 is 5.73 Å². The van der Waals surface area contributed by atoms with Crippen molar-refractivity contribution in [3.63, 3.8) is 0 Å². The minimum Gasteiger partial charge on any atom is -0.399 e. The second kappa shape index (κ2) is 2.42. The molecule has 0 fully saturated rings. The lowest BCUT2D eigenvalue weighted by molar-refractivity contribution is 0.475. The van der Waals surface area contributed by atoms with Gasteiger partial charge in [0.15, 0.2) is 0 Å². The number of benzene rings is 1. The molecule has 0 radical (unpaired) electrons. The molecule has 1 aliphatic heterocycles. The van der Waals surface area contributed by atoms with Gasteiger partial charge in [0.25, 0.3) is 0 Å². The van der Waals surface area contributed by atoms with Crippen molar-refractivity contribution in [1.82, 2.24) is 5.12 Å². The maximum Gasteiger partial charge on any atom is 0.0650 e. The average molecular weight is 162 g/mol. The van der Waals surface area contributed by atoms with Crippen LogP contribution in [0.15, 0.2) is 24.4 Å². The lowest BCUT2D eigenvalue weighted by Crippen LogP contribution is -2.33. The monoisotopic (exact) mass is 162 g/mol. The molecule has 1 aromatic carbocycles. The molecule has 0 amide bonds. The summed E-state index contributed by atoms with van der Waals surface area (Å²) < 4.78 is 0. The summed E-state index contributed by atoms with van der Waals surface area (Å²) in [4.78, 5) is 0. The lowest BCUT2D eigenvalue weighted by atomic mass is 10.1. The number of hydrogen-bond acceptors (Lipinski definition) is 4. The molecule has 4 heteroatoms. The second-order valence-corrected chi connectivity index (χ2v) is 2.68. The predicted molar refractivity (Wildman–Crippen MR) is 49.5 cm³/mol. The highest BCUT2D eigenvalue weighted by molar-refractivity contribution is 5.71. The standard InChI is InChI=1S/C8H10N4/c9-7-2-1-6-3-4-12(10)11-8(6)5-7/h1-5,11H,9-10H2. The van der Waals surface area contributed by atoms with Gasteiger partial charge in [-0.15, -0.1) is 0 Å². The Morgan fingerprint density at radius 3 is 3.00 bits per heavy atom. The normalized spacial score (nSPS) is 13.9. The Morgan fingerprint density at radius 1 is 1.33 bits per heavy atom. The molecule has 12 heavy (non-hydrogen) atoms. The second-order valence-electron chi connectivity index (χ2n) is 2.68. The molecule has 5 N–H and O–H groups in total. The zero-order valence-corrected chi connectivity index (χ0v) is 6.49. The van der Waals surface area contributed by atoms with Crippen LogP contribution in [0.1, 0.15) is 5.56 Å². The van der Waals surface area contributed by atoms with Crippen molar-refractivity contribution in [3.8, 4) is 0 Å². The van der Waals surface area contributed by atoms with Crippen LogP contribution in [0.25, 0.3) is 6.08 Å². The third kappa shape index (κ3) is 1.08. The molecule has 0 aliphatic carbocycles. The van der Waals surface area contributed by atoms with Gasteiger partial charge in [0.2, 0.25) is 0 Å². The number of nitrogens with one attached hydrogen (secondary N) is 1. The SMILES string of the molecule is Nc1ccc2c(c1)NN(N)C=C2. The van der Waals surface area contributed by atoms with E-state index in [9.17, 15) is 0 Å². The van der Waals surface area contributed by atoms with Gasteiger partial charge in [-0.25, -0.2) is 11.0 Å². The van der Waals surface area contributed by atoms with Crippen molar-refractivity contribution in [2.75, 3.05) is 11.2 Å². The zero-order chi connectivity index (χ0) is 8.55. The van der Waals surface area contributed by atoms with Crippen molar-refractivity contribution in [1.29, 1.82) is 0 Å². The van der Waals surface area contributed by atoms with Crippen LogP contribution >= 0.6 is 0 Å². The van der Waals surface area contributed by atoms with E-state index in [-0.39, 0.29) is 0 Å². The van der Waals surface area contributed by atoms with Gasteiger partial charge in [-0.2, -0.15) is 0 Å². The molecule has 2 rings (SSSR count). The van der Waals surface area contributed by atoms with Crippen LogP contribution in [0.5, 0.6) is 0 Å². The largest absolute Gasteiger partial charge is 0.399 e. The van der Waals surface area contributed by atoms with Crippen molar-refractivity contribution < 1.29 is 0 Å². The summed E-state index contributed by atoms with van der Waals surface area (Å²) in [5.41, 5.74) is 11.3. The third-order valence-corrected chi connectivity index (χ3v) is 1.74. The number of hydrazine groups is 2. The fourth-order valence-corrected chi connectivity index (χ4v) is 1.15. The first-order valence-corrected chi connectivity index (χ1v) is 3.64. The van der Waals surface area contributed by atoms with Gasteiger partial charge >= 0.3 is 0 Å². The van der Waals surface area contributed by atoms with Crippen LogP contribution in [0.2, 0.25) is 0 Å². The average Bonchev–Trinajstić information content (AvgIpc) is 2.03. The molecule has 0 unspecified atom stereocenters. The number of nitrogens with zero attached hydrogens (tertiary/aromatic N) is 1. The molecule has 1 heterocycles. The fourth-order valence-electron chi connectivity index (χ4n) is 1.15. The van der Waals surface area contributed by atoms with Gasteiger partial charge in [-0.3, -0.25) is 5.43 Å². The zero-order valence-electron chi connectivity index (χ0n) is 6.49. The molecule has 0 saturated carbocycles. The smallest absolute Gasteiger partial charge is 0.0650 e. The molecule has 0 bridgehead atoms.